The molecule has 0 bridgehead atoms. The third-order valence-corrected chi connectivity index (χ3v) is 4.05. The molecular weight excluding hydrogens is 224 g/mol. The van der Waals surface area contributed by atoms with Crippen LogP contribution >= 0.6 is 0 Å². The molecule has 1 saturated heterocycles. The number of piperazine rings is 1. The molecular formula is C15H26N2O. The second-order valence-corrected chi connectivity index (χ2v) is 6.33. The van der Waals surface area contributed by atoms with Crippen LogP contribution in [-0.4, -0.2) is 29.6 Å². The number of furan rings is 1. The molecule has 0 aromatic carbocycles. The van der Waals surface area contributed by atoms with Crippen LogP contribution in [0.25, 0.3) is 0 Å². The molecule has 1 aliphatic heterocycles. The highest BCUT2D eigenvalue weighted by Crippen LogP contribution is 2.30. The van der Waals surface area contributed by atoms with Gasteiger partial charge >= 0.3 is 0 Å². The zero-order valence-electron chi connectivity index (χ0n) is 12.5. The predicted molar refractivity (Wildman–Crippen MR) is 74.8 cm³/mol. The van der Waals surface area contributed by atoms with Crippen LogP contribution in [0.15, 0.2) is 10.5 Å². The van der Waals surface area contributed by atoms with Crippen LogP contribution in [0.3, 0.4) is 0 Å². The Morgan fingerprint density at radius 2 is 2.11 bits per heavy atom. The third kappa shape index (κ3) is 2.62. The van der Waals surface area contributed by atoms with E-state index in [2.05, 4.69) is 50.9 Å². The van der Waals surface area contributed by atoms with Crippen LogP contribution in [0.2, 0.25) is 0 Å². The Morgan fingerprint density at radius 1 is 1.44 bits per heavy atom. The number of rotatable bonds is 2. The molecule has 0 radical (unpaired) electrons. The highest BCUT2D eigenvalue weighted by molar-refractivity contribution is 5.24. The number of nitrogens with zero attached hydrogens (tertiary/aromatic N) is 1. The fraction of sp³-hybridized carbons (Fsp3) is 0.733. The van der Waals surface area contributed by atoms with Crippen LogP contribution in [0, 0.1) is 13.8 Å². The summed E-state index contributed by atoms with van der Waals surface area (Å²) in [4.78, 5) is 2.58. The fourth-order valence-electron chi connectivity index (χ4n) is 2.97. The Bertz CT molecular complexity index is 422. The maximum absolute atomic E-state index is 5.67. The first kappa shape index (κ1) is 13.6. The minimum absolute atomic E-state index is 0.188. The van der Waals surface area contributed by atoms with Gasteiger partial charge in [0.1, 0.15) is 11.5 Å². The maximum atomic E-state index is 5.67. The third-order valence-electron chi connectivity index (χ3n) is 4.05. The molecule has 102 valence electrons. The summed E-state index contributed by atoms with van der Waals surface area (Å²) in [6, 6.07) is 3.16. The summed E-state index contributed by atoms with van der Waals surface area (Å²) in [5, 5.41) is 3.60. The highest BCUT2D eigenvalue weighted by Gasteiger charge is 2.34. The lowest BCUT2D eigenvalue weighted by molar-refractivity contribution is 0.0684. The fourth-order valence-corrected chi connectivity index (χ4v) is 2.97. The molecule has 1 aromatic heterocycles. The maximum Gasteiger partial charge on any atom is 0.105 e. The van der Waals surface area contributed by atoms with Crippen molar-refractivity contribution in [2.24, 2.45) is 0 Å². The molecule has 1 fully saturated rings. The van der Waals surface area contributed by atoms with Gasteiger partial charge in [-0.3, -0.25) is 4.90 Å². The summed E-state index contributed by atoms with van der Waals surface area (Å²) in [6.07, 6.45) is 0. The van der Waals surface area contributed by atoms with E-state index in [-0.39, 0.29) is 5.54 Å². The van der Waals surface area contributed by atoms with Crippen molar-refractivity contribution in [3.63, 3.8) is 0 Å². The molecule has 3 heteroatoms. The Labute approximate surface area is 111 Å². The van der Waals surface area contributed by atoms with E-state index in [1.807, 2.05) is 6.92 Å². The van der Waals surface area contributed by atoms with Gasteiger partial charge in [0.05, 0.1) is 0 Å². The van der Waals surface area contributed by atoms with E-state index in [0.717, 1.165) is 24.6 Å². The number of hydrogen-bond donors (Lipinski definition) is 1. The smallest absolute Gasteiger partial charge is 0.105 e. The van der Waals surface area contributed by atoms with Gasteiger partial charge in [-0.1, -0.05) is 0 Å². The van der Waals surface area contributed by atoms with Crippen molar-refractivity contribution >= 4 is 0 Å². The van der Waals surface area contributed by atoms with Crippen molar-refractivity contribution in [3.05, 3.63) is 23.2 Å². The summed E-state index contributed by atoms with van der Waals surface area (Å²) < 4.78 is 5.67. The van der Waals surface area contributed by atoms with E-state index in [1.165, 1.54) is 5.56 Å². The molecule has 0 saturated carbocycles. The second-order valence-electron chi connectivity index (χ2n) is 6.33. The average Bonchev–Trinajstić information content (AvgIpc) is 2.60. The van der Waals surface area contributed by atoms with Crippen LogP contribution in [0.1, 0.15) is 50.8 Å². The monoisotopic (exact) mass is 250 g/mol. The summed E-state index contributed by atoms with van der Waals surface area (Å²) in [5.41, 5.74) is 1.52. The topological polar surface area (TPSA) is 28.4 Å². The van der Waals surface area contributed by atoms with E-state index >= 15 is 0 Å². The largest absolute Gasteiger partial charge is 0.466 e. The molecule has 3 nitrogen and oxygen atoms in total. The van der Waals surface area contributed by atoms with Gasteiger partial charge in [0.15, 0.2) is 0 Å². The van der Waals surface area contributed by atoms with Gasteiger partial charge in [-0.25, -0.2) is 0 Å². The zero-order valence-corrected chi connectivity index (χ0v) is 12.5. The molecule has 2 unspecified atom stereocenters. The lowest BCUT2D eigenvalue weighted by atomic mass is 9.95. The molecule has 18 heavy (non-hydrogen) atoms. The van der Waals surface area contributed by atoms with Gasteiger partial charge in [-0.2, -0.15) is 0 Å². The lowest BCUT2D eigenvalue weighted by Gasteiger charge is -2.46. The van der Waals surface area contributed by atoms with Gasteiger partial charge in [-0.15, -0.1) is 0 Å². The molecule has 0 aliphatic carbocycles. The minimum Gasteiger partial charge on any atom is -0.466 e. The van der Waals surface area contributed by atoms with Crippen LogP contribution in [0.5, 0.6) is 0 Å². The first-order valence-corrected chi connectivity index (χ1v) is 6.88. The predicted octanol–water partition coefficient (Wildman–Crippen LogP) is 3.03. The Balaban J connectivity index is 2.21. The molecule has 0 spiro atoms. The van der Waals surface area contributed by atoms with E-state index in [9.17, 15) is 0 Å². The van der Waals surface area contributed by atoms with Crippen LogP contribution < -0.4 is 5.32 Å². The second kappa shape index (κ2) is 4.71. The van der Waals surface area contributed by atoms with Crippen molar-refractivity contribution in [2.75, 3.05) is 13.1 Å². The van der Waals surface area contributed by atoms with E-state index in [4.69, 9.17) is 4.42 Å². The molecule has 1 N–H and O–H groups in total. The first-order valence-electron chi connectivity index (χ1n) is 6.88. The van der Waals surface area contributed by atoms with Crippen molar-refractivity contribution in [1.82, 2.24) is 10.2 Å². The standard InChI is InChI=1S/C15H26N2O/c1-10-8-16-15(5,6)9-17(10)12(3)14-7-11(2)18-13(14)4/h7,10,12,16H,8-9H2,1-6H3. The zero-order chi connectivity index (χ0) is 13.5. The normalized spacial score (nSPS) is 26.2. The van der Waals surface area contributed by atoms with Gasteiger partial charge < -0.3 is 9.73 Å². The van der Waals surface area contributed by atoms with Crippen molar-refractivity contribution in [3.8, 4) is 0 Å². The highest BCUT2D eigenvalue weighted by atomic mass is 16.3. The van der Waals surface area contributed by atoms with Crippen molar-refractivity contribution < 1.29 is 4.42 Å². The van der Waals surface area contributed by atoms with Gasteiger partial charge in [0.2, 0.25) is 0 Å². The molecule has 2 heterocycles. The Kier molecular flexibility index (Phi) is 3.56. The van der Waals surface area contributed by atoms with Gasteiger partial charge in [-0.05, 0) is 47.6 Å². The summed E-state index contributed by atoms with van der Waals surface area (Å²) in [5.74, 6) is 2.07. The molecule has 1 aliphatic rings. The Morgan fingerprint density at radius 3 is 2.67 bits per heavy atom. The summed E-state index contributed by atoms with van der Waals surface area (Å²) in [7, 11) is 0. The molecule has 1 aromatic rings. The van der Waals surface area contributed by atoms with Gasteiger partial charge in [0, 0.05) is 36.3 Å². The summed E-state index contributed by atoms with van der Waals surface area (Å²) >= 11 is 0. The SMILES string of the molecule is Cc1cc(C(C)N2CC(C)(C)NCC2C)c(C)o1. The summed E-state index contributed by atoms with van der Waals surface area (Å²) in [6.45, 7) is 15.3. The van der Waals surface area contributed by atoms with Crippen LogP contribution in [-0.2, 0) is 0 Å². The number of nitrogens with one attached hydrogen (secondary N) is 1. The van der Waals surface area contributed by atoms with Crippen LogP contribution in [0.4, 0.5) is 0 Å². The Hall–Kier alpha value is -0.800. The molecule has 2 rings (SSSR count). The molecule has 2 atom stereocenters. The molecule has 0 amide bonds. The number of hydrogen-bond acceptors (Lipinski definition) is 3. The van der Waals surface area contributed by atoms with Crippen molar-refractivity contribution in [2.45, 2.75) is 59.2 Å². The average molecular weight is 250 g/mol. The van der Waals surface area contributed by atoms with E-state index in [1.54, 1.807) is 0 Å². The quantitative estimate of drug-likeness (QED) is 0.874. The van der Waals surface area contributed by atoms with Crippen molar-refractivity contribution in [1.29, 1.82) is 0 Å². The minimum atomic E-state index is 0.188. The van der Waals surface area contributed by atoms with Gasteiger partial charge in [0.25, 0.3) is 0 Å². The lowest BCUT2D eigenvalue weighted by Crippen LogP contribution is -2.61. The first-order chi connectivity index (χ1) is 8.30. The van der Waals surface area contributed by atoms with E-state index in [0.29, 0.717) is 12.1 Å². The van der Waals surface area contributed by atoms with E-state index < -0.39 is 0 Å². The number of aryl methyl sites for hydroxylation is 2.